The van der Waals surface area contributed by atoms with Crippen LogP contribution in [0.25, 0.3) is 0 Å². The fraction of sp³-hybridized carbons (Fsp3) is 0.0714. The van der Waals surface area contributed by atoms with Gasteiger partial charge in [-0.25, -0.2) is 0 Å². The number of rotatable bonds is 3. The Morgan fingerprint density at radius 1 is 1.17 bits per heavy atom. The molecule has 0 saturated carbocycles. The van der Waals surface area contributed by atoms with Crippen molar-refractivity contribution < 1.29 is 4.74 Å². The van der Waals surface area contributed by atoms with E-state index in [1.165, 1.54) is 0 Å². The van der Waals surface area contributed by atoms with Crippen LogP contribution in [-0.4, -0.2) is 0 Å². The van der Waals surface area contributed by atoms with Crippen molar-refractivity contribution in [2.24, 2.45) is 0 Å². The Labute approximate surface area is 110 Å². The van der Waals surface area contributed by atoms with Gasteiger partial charge in [0.2, 0.25) is 0 Å². The van der Waals surface area contributed by atoms with Gasteiger partial charge in [0.05, 0.1) is 5.56 Å². The van der Waals surface area contributed by atoms with Gasteiger partial charge in [0.15, 0.2) is 0 Å². The lowest BCUT2D eigenvalue weighted by Crippen LogP contribution is -1.97. The van der Waals surface area contributed by atoms with Gasteiger partial charge >= 0.3 is 0 Å². The van der Waals surface area contributed by atoms with Gasteiger partial charge in [-0.05, 0) is 35.9 Å². The van der Waals surface area contributed by atoms with Crippen molar-refractivity contribution in [3.05, 3.63) is 58.6 Å². The highest BCUT2D eigenvalue weighted by Crippen LogP contribution is 2.23. The van der Waals surface area contributed by atoms with Crippen LogP contribution in [0.3, 0.4) is 0 Å². The van der Waals surface area contributed by atoms with Crippen molar-refractivity contribution >= 4 is 17.3 Å². The number of nitriles is 1. The molecule has 2 N–H and O–H groups in total. The van der Waals surface area contributed by atoms with Crippen LogP contribution in [0, 0.1) is 11.3 Å². The lowest BCUT2D eigenvalue weighted by atomic mass is 10.2. The molecule has 0 amide bonds. The molecule has 18 heavy (non-hydrogen) atoms. The predicted molar refractivity (Wildman–Crippen MR) is 71.4 cm³/mol. The molecule has 0 heterocycles. The number of anilines is 1. The van der Waals surface area contributed by atoms with Crippen molar-refractivity contribution in [3.8, 4) is 11.8 Å². The van der Waals surface area contributed by atoms with E-state index in [0.717, 1.165) is 5.56 Å². The molecular formula is C14H11ClN2O. The largest absolute Gasteiger partial charge is 0.488 e. The van der Waals surface area contributed by atoms with Crippen molar-refractivity contribution in [1.82, 2.24) is 0 Å². The smallest absolute Gasteiger partial charge is 0.137 e. The number of halogens is 1. The van der Waals surface area contributed by atoms with E-state index < -0.39 is 0 Å². The topological polar surface area (TPSA) is 59.0 Å². The van der Waals surface area contributed by atoms with Gasteiger partial charge in [-0.1, -0.05) is 23.7 Å². The highest BCUT2D eigenvalue weighted by atomic mass is 35.5. The molecule has 0 bridgehead atoms. The first-order chi connectivity index (χ1) is 8.69. The van der Waals surface area contributed by atoms with E-state index in [0.29, 0.717) is 28.6 Å². The lowest BCUT2D eigenvalue weighted by Gasteiger charge is -2.08. The molecule has 0 aliphatic rings. The third-order valence-electron chi connectivity index (χ3n) is 2.44. The lowest BCUT2D eigenvalue weighted by molar-refractivity contribution is 0.305. The molecule has 0 radical (unpaired) electrons. The average molecular weight is 259 g/mol. The number of nitrogen functional groups attached to an aromatic ring is 1. The normalized spacial score (nSPS) is 9.78. The summed E-state index contributed by atoms with van der Waals surface area (Å²) in [5.74, 6) is 0.527. The Balaban J connectivity index is 2.11. The summed E-state index contributed by atoms with van der Waals surface area (Å²) in [7, 11) is 0. The van der Waals surface area contributed by atoms with Crippen molar-refractivity contribution in [2.75, 3.05) is 5.73 Å². The minimum absolute atomic E-state index is 0.386. The van der Waals surface area contributed by atoms with E-state index in [2.05, 4.69) is 6.07 Å². The molecule has 2 rings (SSSR count). The molecule has 90 valence electrons. The SMILES string of the molecule is N#Cc1cc(Cl)ccc1OCc1ccc(N)cc1. The van der Waals surface area contributed by atoms with Gasteiger partial charge in [0.25, 0.3) is 0 Å². The Kier molecular flexibility index (Phi) is 3.71. The first-order valence-electron chi connectivity index (χ1n) is 5.36. The van der Waals surface area contributed by atoms with Crippen LogP contribution in [0.15, 0.2) is 42.5 Å². The van der Waals surface area contributed by atoms with Crippen molar-refractivity contribution in [2.45, 2.75) is 6.61 Å². The quantitative estimate of drug-likeness (QED) is 0.859. The van der Waals surface area contributed by atoms with E-state index in [9.17, 15) is 0 Å². The van der Waals surface area contributed by atoms with Crippen molar-refractivity contribution in [3.63, 3.8) is 0 Å². The molecule has 2 aromatic rings. The number of hydrogen-bond donors (Lipinski definition) is 1. The molecular weight excluding hydrogens is 248 g/mol. The Morgan fingerprint density at radius 2 is 1.89 bits per heavy atom. The van der Waals surface area contributed by atoms with Crippen LogP contribution in [0.5, 0.6) is 5.75 Å². The fourth-order valence-corrected chi connectivity index (χ4v) is 1.66. The molecule has 0 atom stereocenters. The van der Waals surface area contributed by atoms with Gasteiger partial charge in [-0.15, -0.1) is 0 Å². The number of ether oxygens (including phenoxy) is 1. The Hall–Kier alpha value is -2.18. The first-order valence-corrected chi connectivity index (χ1v) is 5.73. The zero-order chi connectivity index (χ0) is 13.0. The van der Waals surface area contributed by atoms with E-state index in [-0.39, 0.29) is 0 Å². The summed E-state index contributed by atoms with van der Waals surface area (Å²) in [5, 5.41) is 9.49. The minimum atomic E-state index is 0.386. The maximum absolute atomic E-state index is 8.97. The second kappa shape index (κ2) is 5.44. The third kappa shape index (κ3) is 2.93. The van der Waals surface area contributed by atoms with Gasteiger partial charge in [0, 0.05) is 10.7 Å². The van der Waals surface area contributed by atoms with Crippen LogP contribution in [0.1, 0.15) is 11.1 Å². The average Bonchev–Trinajstić information content (AvgIpc) is 2.39. The molecule has 4 heteroatoms. The van der Waals surface area contributed by atoms with Gasteiger partial charge in [-0.3, -0.25) is 0 Å². The fourth-order valence-electron chi connectivity index (χ4n) is 1.49. The molecule has 0 unspecified atom stereocenters. The molecule has 0 saturated heterocycles. The van der Waals surface area contributed by atoms with E-state index >= 15 is 0 Å². The summed E-state index contributed by atoms with van der Waals surface area (Å²) >= 11 is 5.81. The summed E-state index contributed by atoms with van der Waals surface area (Å²) < 4.78 is 5.59. The number of nitrogens with two attached hydrogens (primary N) is 1. The summed E-state index contributed by atoms with van der Waals surface area (Å²) in [6.07, 6.45) is 0. The van der Waals surface area contributed by atoms with Crippen LogP contribution in [-0.2, 0) is 6.61 Å². The van der Waals surface area contributed by atoms with Crippen LogP contribution < -0.4 is 10.5 Å². The second-order valence-electron chi connectivity index (χ2n) is 3.78. The van der Waals surface area contributed by atoms with Crippen LogP contribution in [0.4, 0.5) is 5.69 Å². The highest BCUT2D eigenvalue weighted by molar-refractivity contribution is 6.30. The van der Waals surface area contributed by atoms with Crippen molar-refractivity contribution in [1.29, 1.82) is 5.26 Å². The molecule has 0 aromatic heterocycles. The second-order valence-corrected chi connectivity index (χ2v) is 4.22. The highest BCUT2D eigenvalue weighted by Gasteiger charge is 2.04. The molecule has 2 aromatic carbocycles. The van der Waals surface area contributed by atoms with Crippen LogP contribution in [0.2, 0.25) is 5.02 Å². The number of benzene rings is 2. The van der Waals surface area contributed by atoms with E-state index in [1.54, 1.807) is 18.2 Å². The number of hydrogen-bond acceptors (Lipinski definition) is 3. The van der Waals surface area contributed by atoms with Gasteiger partial charge in [-0.2, -0.15) is 5.26 Å². The minimum Gasteiger partial charge on any atom is -0.488 e. The molecule has 3 nitrogen and oxygen atoms in total. The first kappa shape index (κ1) is 12.3. The summed E-state index contributed by atoms with van der Waals surface area (Å²) in [4.78, 5) is 0. The van der Waals surface area contributed by atoms with E-state index in [4.69, 9.17) is 27.3 Å². The summed E-state index contributed by atoms with van der Waals surface area (Å²) in [6, 6.07) is 14.4. The Morgan fingerprint density at radius 3 is 2.56 bits per heavy atom. The zero-order valence-electron chi connectivity index (χ0n) is 9.56. The standard InChI is InChI=1S/C14H11ClN2O/c15-12-3-6-14(11(7-12)8-16)18-9-10-1-4-13(17)5-2-10/h1-7H,9,17H2. The third-order valence-corrected chi connectivity index (χ3v) is 2.67. The van der Waals surface area contributed by atoms with E-state index in [1.807, 2.05) is 24.3 Å². The molecule has 0 fully saturated rings. The summed E-state index contributed by atoms with van der Waals surface area (Å²) in [5.41, 5.74) is 7.73. The monoisotopic (exact) mass is 258 g/mol. The van der Waals surface area contributed by atoms with Crippen LogP contribution >= 0.6 is 11.6 Å². The summed E-state index contributed by atoms with van der Waals surface area (Å²) in [6.45, 7) is 0.386. The predicted octanol–water partition coefficient (Wildman–Crippen LogP) is 3.37. The Bertz CT molecular complexity index is 588. The molecule has 0 spiro atoms. The number of nitrogens with zero attached hydrogens (tertiary/aromatic N) is 1. The van der Waals surface area contributed by atoms with Gasteiger partial charge < -0.3 is 10.5 Å². The molecule has 0 aliphatic carbocycles. The molecule has 0 aliphatic heterocycles. The van der Waals surface area contributed by atoms with Gasteiger partial charge in [0.1, 0.15) is 18.4 Å². The zero-order valence-corrected chi connectivity index (χ0v) is 10.3. The maximum Gasteiger partial charge on any atom is 0.137 e. The maximum atomic E-state index is 8.97.